The second kappa shape index (κ2) is 42.3. The molecule has 0 spiro atoms. The topological polar surface area (TPSA) is 95.9 Å². The van der Waals surface area contributed by atoms with Crippen molar-refractivity contribution in [1.29, 1.82) is 0 Å². The number of hydrogen-bond acceptors (Lipinski definition) is 5. The fraction of sp³-hybridized carbons (Fsp3) is 0.913. The standard InChI is InChI=1S/C46H89NO5/c1-3-5-7-9-11-13-15-16-17-18-19-24-28-32-36-40-46(51)52-41-37-33-29-25-21-20-23-27-31-35-39-45(50)47-43(42-48)44(49)38-34-30-26-22-14-12-10-8-6-4-2/h21,25,43-44,48-49H,3-20,22-24,26-42H2,1-2H3,(H,47,50)/b25-21-. The maximum Gasteiger partial charge on any atom is 0.305 e. The molecule has 0 radical (unpaired) electrons. The molecule has 6 heteroatoms. The molecule has 308 valence electrons. The fourth-order valence-corrected chi connectivity index (χ4v) is 6.98. The number of amides is 1. The number of nitrogens with one attached hydrogen (secondary N) is 1. The molecular formula is C46H89NO5. The molecule has 6 nitrogen and oxygen atoms in total. The Labute approximate surface area is 323 Å². The van der Waals surface area contributed by atoms with E-state index in [-0.39, 0.29) is 18.5 Å². The molecule has 0 aliphatic rings. The first kappa shape index (κ1) is 50.6. The van der Waals surface area contributed by atoms with Crippen LogP contribution in [0.2, 0.25) is 0 Å². The van der Waals surface area contributed by atoms with Crippen molar-refractivity contribution >= 4 is 11.9 Å². The third-order valence-corrected chi connectivity index (χ3v) is 10.6. The first-order valence-electron chi connectivity index (χ1n) is 22.9. The summed E-state index contributed by atoms with van der Waals surface area (Å²) in [6.45, 7) is 4.84. The zero-order valence-electron chi connectivity index (χ0n) is 34.8. The van der Waals surface area contributed by atoms with Crippen LogP contribution >= 0.6 is 0 Å². The Balaban J connectivity index is 3.50. The van der Waals surface area contributed by atoms with Gasteiger partial charge in [0, 0.05) is 12.8 Å². The van der Waals surface area contributed by atoms with E-state index in [0.717, 1.165) is 77.0 Å². The summed E-state index contributed by atoms with van der Waals surface area (Å²) in [5.74, 6) is -0.107. The van der Waals surface area contributed by atoms with Crippen LogP contribution in [-0.4, -0.2) is 47.4 Å². The second-order valence-corrected chi connectivity index (χ2v) is 15.7. The number of aliphatic hydroxyl groups is 2. The minimum atomic E-state index is -0.682. The summed E-state index contributed by atoms with van der Waals surface area (Å²) in [5, 5.41) is 23.0. The van der Waals surface area contributed by atoms with Gasteiger partial charge in [-0.3, -0.25) is 9.59 Å². The monoisotopic (exact) mass is 736 g/mol. The van der Waals surface area contributed by atoms with Crippen molar-refractivity contribution in [3.05, 3.63) is 12.2 Å². The number of aliphatic hydroxyl groups excluding tert-OH is 2. The largest absolute Gasteiger partial charge is 0.466 e. The summed E-state index contributed by atoms with van der Waals surface area (Å²) >= 11 is 0. The smallest absolute Gasteiger partial charge is 0.305 e. The first-order valence-corrected chi connectivity index (χ1v) is 22.9. The van der Waals surface area contributed by atoms with E-state index in [1.165, 1.54) is 135 Å². The molecule has 0 rings (SSSR count). The molecule has 0 aliphatic carbocycles. The minimum absolute atomic E-state index is 0.0342. The van der Waals surface area contributed by atoms with Gasteiger partial charge in [-0.15, -0.1) is 0 Å². The van der Waals surface area contributed by atoms with Gasteiger partial charge in [0.1, 0.15) is 0 Å². The van der Waals surface area contributed by atoms with E-state index in [1.807, 2.05) is 0 Å². The number of allylic oxidation sites excluding steroid dienone is 2. The Morgan fingerprint density at radius 3 is 1.37 bits per heavy atom. The molecule has 52 heavy (non-hydrogen) atoms. The summed E-state index contributed by atoms with van der Waals surface area (Å²) in [4.78, 5) is 24.4. The molecule has 0 aromatic rings. The van der Waals surface area contributed by atoms with Gasteiger partial charge >= 0.3 is 5.97 Å². The maximum atomic E-state index is 12.4. The van der Waals surface area contributed by atoms with E-state index < -0.39 is 12.1 Å². The highest BCUT2D eigenvalue weighted by Gasteiger charge is 2.20. The number of esters is 1. The van der Waals surface area contributed by atoms with Crippen molar-refractivity contribution in [2.45, 2.75) is 257 Å². The van der Waals surface area contributed by atoms with Crippen LogP contribution < -0.4 is 5.32 Å². The molecule has 0 aromatic heterocycles. The first-order chi connectivity index (χ1) is 25.5. The van der Waals surface area contributed by atoms with Crippen LogP contribution in [0.5, 0.6) is 0 Å². The number of hydrogen-bond donors (Lipinski definition) is 3. The molecule has 0 saturated carbocycles. The van der Waals surface area contributed by atoms with Crippen molar-refractivity contribution in [3.8, 4) is 0 Å². The molecule has 2 atom stereocenters. The van der Waals surface area contributed by atoms with Crippen molar-refractivity contribution in [2.75, 3.05) is 13.2 Å². The van der Waals surface area contributed by atoms with Crippen molar-refractivity contribution < 1.29 is 24.5 Å². The highest BCUT2D eigenvalue weighted by atomic mass is 16.5. The molecule has 0 bridgehead atoms. The van der Waals surface area contributed by atoms with Gasteiger partial charge < -0.3 is 20.3 Å². The van der Waals surface area contributed by atoms with Crippen LogP contribution in [0.25, 0.3) is 0 Å². The Morgan fingerprint density at radius 2 is 0.904 bits per heavy atom. The van der Waals surface area contributed by atoms with Crippen LogP contribution in [0.3, 0.4) is 0 Å². The predicted octanol–water partition coefficient (Wildman–Crippen LogP) is 13.0. The lowest BCUT2D eigenvalue weighted by atomic mass is 10.0. The van der Waals surface area contributed by atoms with Gasteiger partial charge in [-0.2, -0.15) is 0 Å². The summed E-state index contributed by atoms with van der Waals surface area (Å²) in [5.41, 5.74) is 0. The van der Waals surface area contributed by atoms with Crippen LogP contribution in [0.1, 0.15) is 245 Å². The highest BCUT2D eigenvalue weighted by molar-refractivity contribution is 5.76. The van der Waals surface area contributed by atoms with E-state index in [2.05, 4.69) is 31.3 Å². The summed E-state index contributed by atoms with van der Waals surface area (Å²) in [6.07, 6.45) is 46.0. The van der Waals surface area contributed by atoms with E-state index in [1.54, 1.807) is 0 Å². The third kappa shape index (κ3) is 38.3. The maximum absolute atomic E-state index is 12.4. The van der Waals surface area contributed by atoms with Gasteiger partial charge in [0.15, 0.2) is 0 Å². The van der Waals surface area contributed by atoms with Crippen molar-refractivity contribution in [2.24, 2.45) is 0 Å². The number of ether oxygens (including phenoxy) is 1. The van der Waals surface area contributed by atoms with Gasteiger partial charge in [0.2, 0.25) is 5.91 Å². The van der Waals surface area contributed by atoms with Gasteiger partial charge in [-0.1, -0.05) is 193 Å². The summed E-state index contributed by atoms with van der Waals surface area (Å²) in [6, 6.07) is -0.563. The molecule has 0 heterocycles. The number of carbonyl (C=O) groups excluding carboxylic acids is 2. The van der Waals surface area contributed by atoms with Crippen LogP contribution in [0, 0.1) is 0 Å². The van der Waals surface area contributed by atoms with E-state index in [4.69, 9.17) is 4.74 Å². The van der Waals surface area contributed by atoms with Gasteiger partial charge in [-0.25, -0.2) is 0 Å². The lowest BCUT2D eigenvalue weighted by Gasteiger charge is -2.22. The van der Waals surface area contributed by atoms with Crippen LogP contribution in [0.15, 0.2) is 12.2 Å². The number of rotatable bonds is 42. The normalized spacial score (nSPS) is 12.8. The van der Waals surface area contributed by atoms with Crippen molar-refractivity contribution in [1.82, 2.24) is 5.32 Å². The van der Waals surface area contributed by atoms with Crippen molar-refractivity contribution in [3.63, 3.8) is 0 Å². The molecule has 0 saturated heterocycles. The zero-order valence-corrected chi connectivity index (χ0v) is 34.8. The number of carbonyl (C=O) groups is 2. The Morgan fingerprint density at radius 1 is 0.519 bits per heavy atom. The Hall–Kier alpha value is -1.40. The quantitative estimate of drug-likeness (QED) is 0.0329. The van der Waals surface area contributed by atoms with E-state index >= 15 is 0 Å². The lowest BCUT2D eigenvalue weighted by Crippen LogP contribution is -2.45. The predicted molar refractivity (Wildman–Crippen MR) is 223 cm³/mol. The molecular weight excluding hydrogens is 647 g/mol. The molecule has 3 N–H and O–H groups in total. The van der Waals surface area contributed by atoms with Gasteiger partial charge in [0.25, 0.3) is 0 Å². The Kier molecular flexibility index (Phi) is 41.2. The van der Waals surface area contributed by atoms with Crippen LogP contribution in [0.4, 0.5) is 0 Å². The van der Waals surface area contributed by atoms with E-state index in [9.17, 15) is 19.8 Å². The second-order valence-electron chi connectivity index (χ2n) is 15.7. The molecule has 0 aliphatic heterocycles. The lowest BCUT2D eigenvalue weighted by molar-refractivity contribution is -0.143. The number of unbranched alkanes of at least 4 members (excludes halogenated alkanes) is 29. The summed E-state index contributed by atoms with van der Waals surface area (Å²) in [7, 11) is 0. The average molecular weight is 736 g/mol. The highest BCUT2D eigenvalue weighted by Crippen LogP contribution is 2.15. The SMILES string of the molecule is CCCCCCCCCCCCCCCCCC(=O)OCCCC/C=C\CCCCCCC(=O)NC(CO)C(O)CCCCCCCCCCCC. The molecule has 0 aromatic carbocycles. The fourth-order valence-electron chi connectivity index (χ4n) is 6.98. The third-order valence-electron chi connectivity index (χ3n) is 10.6. The van der Waals surface area contributed by atoms with Gasteiger partial charge in [-0.05, 0) is 51.4 Å². The average Bonchev–Trinajstić information content (AvgIpc) is 3.14. The molecule has 2 unspecified atom stereocenters. The minimum Gasteiger partial charge on any atom is -0.466 e. The Bertz CT molecular complexity index is 772. The molecule has 1 amide bonds. The molecule has 0 fully saturated rings. The zero-order chi connectivity index (χ0) is 38.0. The van der Waals surface area contributed by atoms with Crippen LogP contribution in [-0.2, 0) is 14.3 Å². The summed E-state index contributed by atoms with van der Waals surface area (Å²) < 4.78 is 5.42. The van der Waals surface area contributed by atoms with Gasteiger partial charge in [0.05, 0.1) is 25.4 Å². The van der Waals surface area contributed by atoms with E-state index in [0.29, 0.717) is 25.9 Å².